The first-order valence-corrected chi connectivity index (χ1v) is 7.61. The minimum atomic E-state index is -0.369. The minimum absolute atomic E-state index is 0.369. The summed E-state index contributed by atoms with van der Waals surface area (Å²) in [5.41, 5.74) is 3.52. The second kappa shape index (κ2) is 6.70. The van der Waals surface area contributed by atoms with Gasteiger partial charge in [-0.1, -0.05) is 23.8 Å². The number of hydrogen-bond donors (Lipinski definition) is 1. The lowest BCUT2D eigenvalue weighted by molar-refractivity contribution is 0.0795. The number of likely N-dealkylation sites (tertiary alicyclic amines) is 1. The largest absolute Gasteiger partial charge is 0.387 e. The summed E-state index contributed by atoms with van der Waals surface area (Å²) in [5, 5.41) is 10.5. The van der Waals surface area contributed by atoms with Gasteiger partial charge >= 0.3 is 0 Å². The zero-order valence-corrected chi connectivity index (χ0v) is 13.3. The van der Waals surface area contributed by atoms with Crippen molar-refractivity contribution in [1.82, 2.24) is 9.80 Å². The Bertz CT molecular complexity index is 437. The van der Waals surface area contributed by atoms with Gasteiger partial charge in [-0.15, -0.1) is 0 Å². The first-order valence-electron chi connectivity index (χ1n) is 7.61. The fourth-order valence-electron chi connectivity index (χ4n) is 3.16. The van der Waals surface area contributed by atoms with Gasteiger partial charge in [0.1, 0.15) is 0 Å². The molecule has 1 aliphatic rings. The molecule has 1 aromatic carbocycles. The maximum atomic E-state index is 10.5. The van der Waals surface area contributed by atoms with E-state index < -0.39 is 0 Å². The van der Waals surface area contributed by atoms with Crippen LogP contribution in [-0.2, 0) is 0 Å². The van der Waals surface area contributed by atoms with Crippen LogP contribution >= 0.6 is 0 Å². The molecule has 1 aromatic rings. The van der Waals surface area contributed by atoms with Crippen LogP contribution in [0.25, 0.3) is 0 Å². The molecule has 2 rings (SSSR count). The molecule has 1 atom stereocenters. The van der Waals surface area contributed by atoms with Gasteiger partial charge in [-0.05, 0) is 65.0 Å². The van der Waals surface area contributed by atoms with E-state index >= 15 is 0 Å². The topological polar surface area (TPSA) is 26.7 Å². The molecular weight excluding hydrogens is 248 g/mol. The Morgan fingerprint density at radius 1 is 1.25 bits per heavy atom. The fourth-order valence-corrected chi connectivity index (χ4v) is 3.16. The number of rotatable bonds is 4. The Morgan fingerprint density at radius 2 is 1.90 bits per heavy atom. The van der Waals surface area contributed by atoms with Crippen LogP contribution in [0.4, 0.5) is 0 Å². The second-order valence-electron chi connectivity index (χ2n) is 6.37. The Kier molecular flexibility index (Phi) is 5.19. The molecule has 1 saturated heterocycles. The molecular formula is C17H28N2O. The maximum Gasteiger partial charge on any atom is 0.0919 e. The summed E-state index contributed by atoms with van der Waals surface area (Å²) in [6, 6.07) is 7.01. The Labute approximate surface area is 123 Å². The van der Waals surface area contributed by atoms with Crippen LogP contribution in [0.3, 0.4) is 0 Å². The smallest absolute Gasteiger partial charge is 0.0919 e. The van der Waals surface area contributed by atoms with Gasteiger partial charge in [-0.3, -0.25) is 0 Å². The molecule has 112 valence electrons. The summed E-state index contributed by atoms with van der Waals surface area (Å²) in [5.74, 6) is 0. The summed E-state index contributed by atoms with van der Waals surface area (Å²) in [4.78, 5) is 4.71. The summed E-state index contributed by atoms with van der Waals surface area (Å²) < 4.78 is 0. The maximum absolute atomic E-state index is 10.5. The van der Waals surface area contributed by atoms with Gasteiger partial charge < -0.3 is 14.9 Å². The average Bonchev–Trinajstić information content (AvgIpc) is 2.39. The highest BCUT2D eigenvalue weighted by molar-refractivity contribution is 5.32. The predicted molar refractivity (Wildman–Crippen MR) is 84.0 cm³/mol. The van der Waals surface area contributed by atoms with Crippen molar-refractivity contribution in [2.24, 2.45) is 0 Å². The lowest BCUT2D eigenvalue weighted by atomic mass is 9.99. The first-order chi connectivity index (χ1) is 9.47. The van der Waals surface area contributed by atoms with Crippen LogP contribution in [-0.4, -0.2) is 54.7 Å². The van der Waals surface area contributed by atoms with Crippen LogP contribution in [0, 0.1) is 13.8 Å². The highest BCUT2D eigenvalue weighted by atomic mass is 16.3. The number of hydrogen-bond acceptors (Lipinski definition) is 3. The van der Waals surface area contributed by atoms with Gasteiger partial charge in [0.2, 0.25) is 0 Å². The van der Waals surface area contributed by atoms with Crippen LogP contribution < -0.4 is 0 Å². The number of aryl methyl sites for hydroxylation is 2. The van der Waals surface area contributed by atoms with E-state index in [2.05, 4.69) is 55.9 Å². The third-order valence-corrected chi connectivity index (χ3v) is 4.50. The highest BCUT2D eigenvalue weighted by Gasteiger charge is 2.22. The molecule has 0 radical (unpaired) electrons. The minimum Gasteiger partial charge on any atom is -0.387 e. The van der Waals surface area contributed by atoms with Gasteiger partial charge in [-0.2, -0.15) is 0 Å². The van der Waals surface area contributed by atoms with Crippen molar-refractivity contribution < 1.29 is 5.11 Å². The van der Waals surface area contributed by atoms with E-state index in [0.717, 1.165) is 25.2 Å². The standard InChI is InChI=1S/C17H28N2O/c1-13-5-6-16(14(2)11-13)17(20)12-19-9-7-15(8-10-19)18(3)4/h5-6,11,15,17,20H,7-10,12H2,1-4H3. The molecule has 3 heteroatoms. The highest BCUT2D eigenvalue weighted by Crippen LogP contribution is 2.22. The van der Waals surface area contributed by atoms with E-state index in [1.54, 1.807) is 0 Å². The molecule has 1 unspecified atom stereocenters. The van der Waals surface area contributed by atoms with Gasteiger partial charge in [0.15, 0.2) is 0 Å². The number of β-amino-alcohol motifs (C(OH)–C–C–N with tert-alkyl or cyclic N) is 1. The zero-order valence-electron chi connectivity index (χ0n) is 13.3. The number of benzene rings is 1. The second-order valence-corrected chi connectivity index (χ2v) is 6.37. The third kappa shape index (κ3) is 3.81. The summed E-state index contributed by atoms with van der Waals surface area (Å²) >= 11 is 0. The average molecular weight is 276 g/mol. The quantitative estimate of drug-likeness (QED) is 0.914. The molecule has 0 amide bonds. The SMILES string of the molecule is Cc1ccc(C(O)CN2CCC(N(C)C)CC2)c(C)c1. The summed E-state index contributed by atoms with van der Waals surface area (Å²) in [7, 11) is 4.32. The van der Waals surface area contributed by atoms with E-state index in [-0.39, 0.29) is 6.10 Å². The Balaban J connectivity index is 1.90. The molecule has 20 heavy (non-hydrogen) atoms. The van der Waals surface area contributed by atoms with Crippen molar-refractivity contribution in [3.05, 3.63) is 34.9 Å². The molecule has 1 fully saturated rings. The molecule has 0 aromatic heterocycles. The molecule has 3 nitrogen and oxygen atoms in total. The van der Waals surface area contributed by atoms with E-state index in [1.165, 1.54) is 24.0 Å². The van der Waals surface area contributed by atoms with Crippen molar-refractivity contribution in [3.8, 4) is 0 Å². The van der Waals surface area contributed by atoms with Gasteiger partial charge in [0.25, 0.3) is 0 Å². The van der Waals surface area contributed by atoms with Crippen molar-refractivity contribution in [2.45, 2.75) is 38.8 Å². The van der Waals surface area contributed by atoms with E-state index in [0.29, 0.717) is 6.04 Å². The lowest BCUT2D eigenvalue weighted by Crippen LogP contribution is -2.43. The lowest BCUT2D eigenvalue weighted by Gasteiger charge is -2.36. The molecule has 0 saturated carbocycles. The van der Waals surface area contributed by atoms with Crippen molar-refractivity contribution in [1.29, 1.82) is 0 Å². The number of aliphatic hydroxyl groups excluding tert-OH is 1. The monoisotopic (exact) mass is 276 g/mol. The van der Waals surface area contributed by atoms with E-state index in [1.807, 2.05) is 0 Å². The number of piperidine rings is 1. The van der Waals surface area contributed by atoms with E-state index in [9.17, 15) is 5.11 Å². The first kappa shape index (κ1) is 15.5. The van der Waals surface area contributed by atoms with Crippen molar-refractivity contribution >= 4 is 0 Å². The zero-order chi connectivity index (χ0) is 14.7. The van der Waals surface area contributed by atoms with Gasteiger partial charge in [0.05, 0.1) is 6.10 Å². The molecule has 1 heterocycles. The Morgan fingerprint density at radius 3 is 2.45 bits per heavy atom. The molecule has 0 spiro atoms. The fraction of sp³-hybridized carbons (Fsp3) is 0.647. The van der Waals surface area contributed by atoms with Gasteiger partial charge in [-0.25, -0.2) is 0 Å². The number of aliphatic hydroxyl groups is 1. The molecule has 0 bridgehead atoms. The summed E-state index contributed by atoms with van der Waals surface area (Å²) in [6.07, 6.45) is 2.03. The molecule has 1 aliphatic heterocycles. The normalized spacial score (nSPS) is 19.5. The van der Waals surface area contributed by atoms with Gasteiger partial charge in [0, 0.05) is 12.6 Å². The van der Waals surface area contributed by atoms with Crippen LogP contribution in [0.1, 0.15) is 35.6 Å². The van der Waals surface area contributed by atoms with Crippen LogP contribution in [0.2, 0.25) is 0 Å². The van der Waals surface area contributed by atoms with Crippen molar-refractivity contribution in [2.75, 3.05) is 33.7 Å². The molecule has 0 aliphatic carbocycles. The molecule has 1 N–H and O–H groups in total. The summed E-state index contributed by atoms with van der Waals surface area (Å²) in [6.45, 7) is 7.11. The van der Waals surface area contributed by atoms with E-state index in [4.69, 9.17) is 0 Å². The Hall–Kier alpha value is -0.900. The predicted octanol–water partition coefficient (Wildman–Crippen LogP) is 2.36. The van der Waals surface area contributed by atoms with Crippen LogP contribution in [0.15, 0.2) is 18.2 Å². The van der Waals surface area contributed by atoms with Crippen molar-refractivity contribution in [3.63, 3.8) is 0 Å². The van der Waals surface area contributed by atoms with Crippen LogP contribution in [0.5, 0.6) is 0 Å². The third-order valence-electron chi connectivity index (χ3n) is 4.50. The number of nitrogens with zero attached hydrogens (tertiary/aromatic N) is 2.